The Morgan fingerprint density at radius 1 is 1.47 bits per heavy atom. The lowest BCUT2D eigenvalue weighted by molar-refractivity contribution is -0.127. The van der Waals surface area contributed by atoms with E-state index in [4.69, 9.17) is 6.42 Å². The van der Waals surface area contributed by atoms with Crippen LogP contribution in [0.25, 0.3) is 0 Å². The van der Waals surface area contributed by atoms with Crippen LogP contribution in [0.2, 0.25) is 0 Å². The van der Waals surface area contributed by atoms with E-state index in [1.165, 1.54) is 0 Å². The van der Waals surface area contributed by atoms with E-state index >= 15 is 0 Å². The summed E-state index contributed by atoms with van der Waals surface area (Å²) < 4.78 is 0. The number of hydrogen-bond donors (Lipinski definition) is 1. The molecule has 1 aliphatic carbocycles. The first kappa shape index (κ1) is 10.1. The molecule has 0 spiro atoms. The highest BCUT2D eigenvalue weighted by Crippen LogP contribution is 2.44. The molecule has 3 rings (SSSR count). The van der Waals surface area contributed by atoms with E-state index in [9.17, 15) is 9.59 Å². The molecule has 17 heavy (non-hydrogen) atoms. The van der Waals surface area contributed by atoms with Gasteiger partial charge in [0.2, 0.25) is 5.91 Å². The summed E-state index contributed by atoms with van der Waals surface area (Å²) in [4.78, 5) is 22.6. The summed E-state index contributed by atoms with van der Waals surface area (Å²) in [5.41, 5.74) is 3.05. The molecule has 1 saturated heterocycles. The molecule has 3 unspecified atom stereocenters. The van der Waals surface area contributed by atoms with E-state index < -0.39 is 5.92 Å². The van der Waals surface area contributed by atoms with E-state index in [1.54, 1.807) is 0 Å². The number of amides is 1. The predicted octanol–water partition coefficient (Wildman–Crippen LogP) is 0.826. The van der Waals surface area contributed by atoms with Crippen molar-refractivity contribution in [2.24, 2.45) is 11.8 Å². The molecule has 1 heterocycles. The third-order valence-corrected chi connectivity index (χ3v) is 3.78. The maximum Gasteiger partial charge on any atom is 0.231 e. The molecule has 1 fully saturated rings. The fourth-order valence-corrected chi connectivity index (χ4v) is 2.97. The van der Waals surface area contributed by atoms with E-state index in [1.807, 2.05) is 18.2 Å². The van der Waals surface area contributed by atoms with Crippen LogP contribution in [0, 0.1) is 24.2 Å². The molecule has 3 nitrogen and oxygen atoms in total. The van der Waals surface area contributed by atoms with Crippen molar-refractivity contribution in [1.82, 2.24) is 5.32 Å². The van der Waals surface area contributed by atoms with Crippen molar-refractivity contribution in [3.63, 3.8) is 0 Å². The van der Waals surface area contributed by atoms with Gasteiger partial charge < -0.3 is 10.1 Å². The van der Waals surface area contributed by atoms with Crippen LogP contribution in [0.5, 0.6) is 0 Å². The van der Waals surface area contributed by atoms with Crippen molar-refractivity contribution in [1.29, 1.82) is 0 Å². The summed E-state index contributed by atoms with van der Waals surface area (Å²) in [7, 11) is 0. The topological polar surface area (TPSA) is 46.2 Å². The second-order valence-corrected chi connectivity index (χ2v) is 4.53. The summed E-state index contributed by atoms with van der Waals surface area (Å²) in [5, 5.41) is 2.89. The molecule has 84 valence electrons. The molecule has 0 bridgehead atoms. The van der Waals surface area contributed by atoms with Gasteiger partial charge in [-0.25, -0.2) is 0 Å². The number of benzene rings is 1. The monoisotopic (exact) mass is 225 g/mol. The van der Waals surface area contributed by atoms with E-state index in [2.05, 4.69) is 11.2 Å². The minimum Gasteiger partial charge on any atom is -0.348 e. The van der Waals surface area contributed by atoms with Crippen LogP contribution in [-0.4, -0.2) is 12.2 Å². The second kappa shape index (κ2) is 3.46. The highest BCUT2D eigenvalue weighted by Gasteiger charge is 2.47. The van der Waals surface area contributed by atoms with Crippen molar-refractivity contribution in [3.8, 4) is 12.3 Å². The lowest BCUT2D eigenvalue weighted by atomic mass is 9.92. The highest BCUT2D eigenvalue weighted by atomic mass is 16.2. The zero-order valence-corrected chi connectivity index (χ0v) is 9.14. The minimum atomic E-state index is -0.530. The van der Waals surface area contributed by atoms with Crippen molar-refractivity contribution < 1.29 is 9.59 Å². The number of aldehydes is 1. The lowest BCUT2D eigenvalue weighted by Gasteiger charge is -2.10. The molecule has 1 aliphatic heterocycles. The molecule has 1 aromatic carbocycles. The first-order valence-corrected chi connectivity index (χ1v) is 5.60. The van der Waals surface area contributed by atoms with Crippen molar-refractivity contribution in [2.45, 2.75) is 12.5 Å². The van der Waals surface area contributed by atoms with Gasteiger partial charge in [0.1, 0.15) is 6.29 Å². The van der Waals surface area contributed by atoms with Crippen LogP contribution in [0.1, 0.15) is 22.7 Å². The number of fused-ring (bicyclic) bond motifs is 3. The number of terminal acetylenes is 1. The number of rotatable bonds is 1. The van der Waals surface area contributed by atoms with Gasteiger partial charge in [-0.1, -0.05) is 18.1 Å². The van der Waals surface area contributed by atoms with Crippen LogP contribution in [-0.2, 0) is 16.0 Å². The van der Waals surface area contributed by atoms with Gasteiger partial charge in [0, 0.05) is 11.5 Å². The fraction of sp³-hybridized carbons (Fsp3) is 0.286. The van der Waals surface area contributed by atoms with Gasteiger partial charge in [0.15, 0.2) is 0 Å². The lowest BCUT2D eigenvalue weighted by Crippen LogP contribution is -2.23. The van der Waals surface area contributed by atoms with Gasteiger partial charge in [0.25, 0.3) is 0 Å². The van der Waals surface area contributed by atoms with Crippen molar-refractivity contribution >= 4 is 12.2 Å². The SMILES string of the molecule is C#Cc1cccc2c1CC1C(C=O)C(=O)NC21. The largest absolute Gasteiger partial charge is 0.348 e. The second-order valence-electron chi connectivity index (χ2n) is 4.53. The quantitative estimate of drug-likeness (QED) is 0.437. The first-order valence-electron chi connectivity index (χ1n) is 5.60. The molecule has 2 aliphatic rings. The van der Waals surface area contributed by atoms with E-state index in [-0.39, 0.29) is 17.9 Å². The van der Waals surface area contributed by atoms with Crippen LogP contribution in [0.4, 0.5) is 0 Å². The van der Waals surface area contributed by atoms with Crippen LogP contribution >= 0.6 is 0 Å². The van der Waals surface area contributed by atoms with Gasteiger partial charge in [0.05, 0.1) is 12.0 Å². The fourth-order valence-electron chi connectivity index (χ4n) is 2.97. The number of hydrogen-bond acceptors (Lipinski definition) is 2. The third-order valence-electron chi connectivity index (χ3n) is 3.78. The zero-order chi connectivity index (χ0) is 12.0. The molecule has 1 N–H and O–H groups in total. The Morgan fingerprint density at radius 3 is 3.00 bits per heavy atom. The third kappa shape index (κ3) is 1.24. The van der Waals surface area contributed by atoms with E-state index in [0.29, 0.717) is 6.42 Å². The molecule has 0 saturated carbocycles. The molecule has 3 heteroatoms. The van der Waals surface area contributed by atoms with Gasteiger partial charge in [-0.2, -0.15) is 0 Å². The summed E-state index contributed by atoms with van der Waals surface area (Å²) in [5.74, 6) is 2.00. The Morgan fingerprint density at radius 2 is 2.29 bits per heavy atom. The summed E-state index contributed by atoms with van der Waals surface area (Å²) >= 11 is 0. The smallest absolute Gasteiger partial charge is 0.231 e. The summed E-state index contributed by atoms with van der Waals surface area (Å²) in [6.45, 7) is 0. The molecular weight excluding hydrogens is 214 g/mol. The molecule has 0 radical (unpaired) electrons. The Kier molecular flexibility index (Phi) is 2.05. The maximum absolute atomic E-state index is 11.6. The predicted molar refractivity (Wildman–Crippen MR) is 62.0 cm³/mol. The molecule has 3 atom stereocenters. The summed E-state index contributed by atoms with van der Waals surface area (Å²) in [6.07, 6.45) is 6.92. The Bertz CT molecular complexity index is 556. The van der Waals surface area contributed by atoms with Crippen molar-refractivity contribution in [2.75, 3.05) is 0 Å². The standard InChI is InChI=1S/C14H11NO2/c1-2-8-4-3-5-9-10(8)6-11-12(7-16)14(17)15-13(9)11/h1,3-5,7,11-13H,6H2,(H,15,17). The summed E-state index contributed by atoms with van der Waals surface area (Å²) in [6, 6.07) is 5.74. The Labute approximate surface area is 99.2 Å². The van der Waals surface area contributed by atoms with Gasteiger partial charge in [-0.15, -0.1) is 6.42 Å². The molecule has 0 aromatic heterocycles. The zero-order valence-electron chi connectivity index (χ0n) is 9.14. The van der Waals surface area contributed by atoms with Crippen LogP contribution in [0.15, 0.2) is 18.2 Å². The van der Waals surface area contributed by atoms with Crippen LogP contribution < -0.4 is 5.32 Å². The van der Waals surface area contributed by atoms with Crippen LogP contribution in [0.3, 0.4) is 0 Å². The molecule has 1 aromatic rings. The molecule has 1 amide bonds. The van der Waals surface area contributed by atoms with Gasteiger partial charge in [-0.05, 0) is 23.6 Å². The number of carbonyl (C=O) groups is 2. The number of carbonyl (C=O) groups excluding carboxylic acids is 2. The van der Waals surface area contributed by atoms with Gasteiger partial charge >= 0.3 is 0 Å². The average molecular weight is 225 g/mol. The Hall–Kier alpha value is -2.08. The Balaban J connectivity index is 2.09. The van der Waals surface area contributed by atoms with Gasteiger partial charge in [-0.3, -0.25) is 4.79 Å². The maximum atomic E-state index is 11.6. The minimum absolute atomic E-state index is 0.0319. The van der Waals surface area contributed by atoms with E-state index in [0.717, 1.165) is 23.0 Å². The molecular formula is C14H11NO2. The number of nitrogens with one attached hydrogen (secondary N) is 1. The van der Waals surface area contributed by atoms with Crippen molar-refractivity contribution in [3.05, 3.63) is 34.9 Å². The first-order chi connectivity index (χ1) is 8.26. The average Bonchev–Trinajstić information content (AvgIpc) is 2.83. The normalized spacial score (nSPS) is 29.1. The highest BCUT2D eigenvalue weighted by molar-refractivity contribution is 5.95.